The molecular weight excluding hydrogens is 174 g/mol. The molecule has 1 aromatic carbocycles. The van der Waals surface area contributed by atoms with Crippen molar-refractivity contribution in [2.75, 3.05) is 14.1 Å². The van der Waals surface area contributed by atoms with Crippen molar-refractivity contribution in [1.29, 1.82) is 0 Å². The van der Waals surface area contributed by atoms with E-state index in [1.54, 1.807) is 0 Å². The summed E-state index contributed by atoms with van der Waals surface area (Å²) in [5.74, 6) is 0. The van der Waals surface area contributed by atoms with Gasteiger partial charge in [0, 0.05) is 32.3 Å². The van der Waals surface area contributed by atoms with Gasteiger partial charge in [-0.2, -0.15) is 0 Å². The summed E-state index contributed by atoms with van der Waals surface area (Å²) in [7, 11) is 3.82. The normalized spacial score (nSPS) is 11.1. The second-order valence-corrected chi connectivity index (χ2v) is 3.45. The maximum Gasteiger partial charge on any atom is 0.147 e. The van der Waals surface area contributed by atoms with Crippen molar-refractivity contribution in [2.45, 2.75) is 6.42 Å². The molecule has 1 rings (SSSR count). The summed E-state index contributed by atoms with van der Waals surface area (Å²) < 4.78 is 0. The molecule has 1 aromatic rings. The summed E-state index contributed by atoms with van der Waals surface area (Å²) in [5, 5.41) is 0. The lowest BCUT2D eigenvalue weighted by molar-refractivity contribution is -0.105. The first-order valence-corrected chi connectivity index (χ1v) is 4.58. The van der Waals surface area contributed by atoms with Crippen LogP contribution in [0.3, 0.4) is 0 Å². The monoisotopic (exact) mass is 189 g/mol. The average molecular weight is 189 g/mol. The first-order chi connectivity index (χ1) is 6.72. The fourth-order valence-electron chi connectivity index (χ4n) is 1.28. The van der Waals surface area contributed by atoms with Gasteiger partial charge in [0.2, 0.25) is 0 Å². The van der Waals surface area contributed by atoms with E-state index < -0.39 is 0 Å². The molecule has 0 saturated heterocycles. The van der Waals surface area contributed by atoms with Crippen LogP contribution in [0, 0.1) is 0 Å². The number of aldehydes is 1. The number of allylic oxidation sites excluding steroid dienone is 1. The van der Waals surface area contributed by atoms with Crippen molar-refractivity contribution in [1.82, 2.24) is 4.90 Å². The van der Waals surface area contributed by atoms with Crippen molar-refractivity contribution in [2.24, 2.45) is 0 Å². The number of hydrogen-bond acceptors (Lipinski definition) is 2. The molecule has 0 amide bonds. The van der Waals surface area contributed by atoms with Crippen molar-refractivity contribution in [3.63, 3.8) is 0 Å². The van der Waals surface area contributed by atoms with Gasteiger partial charge in [0.1, 0.15) is 6.29 Å². The zero-order chi connectivity index (χ0) is 10.4. The van der Waals surface area contributed by atoms with E-state index in [9.17, 15) is 4.79 Å². The number of rotatable bonds is 4. The summed E-state index contributed by atoms with van der Waals surface area (Å²) in [4.78, 5) is 12.6. The summed E-state index contributed by atoms with van der Waals surface area (Å²) >= 11 is 0. The van der Waals surface area contributed by atoms with E-state index in [1.807, 2.05) is 55.5 Å². The predicted molar refractivity (Wildman–Crippen MR) is 58.0 cm³/mol. The molecule has 2 heteroatoms. The van der Waals surface area contributed by atoms with Crippen LogP contribution >= 0.6 is 0 Å². The standard InChI is InChI=1S/C12H15NO/c1-13(2)9-12(10-14)8-11-6-4-3-5-7-11/h3-7,9-10H,8H2,1-2H3/b12-9+. The molecular formula is C12H15NO. The van der Waals surface area contributed by atoms with Gasteiger partial charge < -0.3 is 4.90 Å². The van der Waals surface area contributed by atoms with Crippen LogP contribution in [0.15, 0.2) is 42.1 Å². The average Bonchev–Trinajstić information content (AvgIpc) is 2.17. The van der Waals surface area contributed by atoms with E-state index in [0.29, 0.717) is 6.42 Å². The number of carbonyl (C=O) groups is 1. The van der Waals surface area contributed by atoms with E-state index in [1.165, 1.54) is 0 Å². The fourth-order valence-corrected chi connectivity index (χ4v) is 1.28. The zero-order valence-corrected chi connectivity index (χ0v) is 8.60. The molecule has 74 valence electrons. The number of nitrogens with zero attached hydrogens (tertiary/aromatic N) is 1. The first kappa shape index (κ1) is 10.5. The zero-order valence-electron chi connectivity index (χ0n) is 8.60. The summed E-state index contributed by atoms with van der Waals surface area (Å²) in [5.41, 5.74) is 1.95. The Hall–Kier alpha value is -1.57. The molecule has 0 radical (unpaired) electrons. The Morgan fingerprint density at radius 2 is 1.93 bits per heavy atom. The van der Waals surface area contributed by atoms with E-state index >= 15 is 0 Å². The SMILES string of the molecule is CN(C)/C=C(/C=O)Cc1ccccc1. The van der Waals surface area contributed by atoms with Crippen LogP contribution < -0.4 is 0 Å². The van der Waals surface area contributed by atoms with Gasteiger partial charge in [0.05, 0.1) is 0 Å². The molecule has 0 aromatic heterocycles. The molecule has 2 nitrogen and oxygen atoms in total. The number of carbonyl (C=O) groups excluding carboxylic acids is 1. The van der Waals surface area contributed by atoms with Crippen LogP contribution in [0.5, 0.6) is 0 Å². The molecule has 0 heterocycles. The van der Waals surface area contributed by atoms with E-state index in [2.05, 4.69) is 0 Å². The second-order valence-electron chi connectivity index (χ2n) is 3.45. The first-order valence-electron chi connectivity index (χ1n) is 4.58. The molecule has 0 unspecified atom stereocenters. The maximum atomic E-state index is 10.7. The Morgan fingerprint density at radius 3 is 2.43 bits per heavy atom. The molecule has 14 heavy (non-hydrogen) atoms. The third kappa shape index (κ3) is 3.44. The third-order valence-electron chi connectivity index (χ3n) is 1.83. The van der Waals surface area contributed by atoms with Crippen LogP contribution in [0.25, 0.3) is 0 Å². The smallest absolute Gasteiger partial charge is 0.147 e. The van der Waals surface area contributed by atoms with Crippen molar-refractivity contribution in [3.05, 3.63) is 47.7 Å². The van der Waals surface area contributed by atoms with Crippen molar-refractivity contribution in [3.8, 4) is 0 Å². The minimum Gasteiger partial charge on any atom is -0.383 e. The van der Waals surface area contributed by atoms with Crippen LogP contribution in [-0.4, -0.2) is 25.3 Å². The lowest BCUT2D eigenvalue weighted by atomic mass is 10.1. The molecule has 0 aliphatic heterocycles. The number of hydrogen-bond donors (Lipinski definition) is 0. The van der Waals surface area contributed by atoms with Crippen molar-refractivity contribution >= 4 is 6.29 Å². The lowest BCUT2D eigenvalue weighted by Gasteiger charge is -2.07. The molecule has 0 saturated carbocycles. The second kappa shape index (κ2) is 5.22. The highest BCUT2D eigenvalue weighted by atomic mass is 16.1. The summed E-state index contributed by atoms with van der Waals surface area (Å²) in [6, 6.07) is 9.97. The van der Waals surface area contributed by atoms with Gasteiger partial charge >= 0.3 is 0 Å². The largest absolute Gasteiger partial charge is 0.383 e. The van der Waals surface area contributed by atoms with Gasteiger partial charge in [-0.1, -0.05) is 30.3 Å². The maximum absolute atomic E-state index is 10.7. The Labute approximate surface area is 84.9 Å². The Bertz CT molecular complexity index is 314. The molecule has 0 fully saturated rings. The van der Waals surface area contributed by atoms with Gasteiger partial charge in [0.15, 0.2) is 0 Å². The summed E-state index contributed by atoms with van der Waals surface area (Å²) in [6.07, 6.45) is 3.45. The highest BCUT2D eigenvalue weighted by Gasteiger charge is 1.97. The van der Waals surface area contributed by atoms with E-state index in [0.717, 1.165) is 17.4 Å². The van der Waals surface area contributed by atoms with Gasteiger partial charge in [-0.3, -0.25) is 4.79 Å². The van der Waals surface area contributed by atoms with Crippen LogP contribution in [-0.2, 0) is 11.2 Å². The Kier molecular flexibility index (Phi) is 3.92. The van der Waals surface area contributed by atoms with Crippen LogP contribution in [0.2, 0.25) is 0 Å². The molecule has 0 aliphatic rings. The molecule has 0 bridgehead atoms. The van der Waals surface area contributed by atoms with Gasteiger partial charge in [-0.05, 0) is 5.56 Å². The number of benzene rings is 1. The molecule has 0 aliphatic carbocycles. The highest BCUT2D eigenvalue weighted by molar-refractivity contribution is 5.73. The van der Waals surface area contributed by atoms with Gasteiger partial charge in [0.25, 0.3) is 0 Å². The molecule has 0 atom stereocenters. The van der Waals surface area contributed by atoms with E-state index in [4.69, 9.17) is 0 Å². The Morgan fingerprint density at radius 1 is 1.29 bits per heavy atom. The predicted octanol–water partition coefficient (Wildman–Crippen LogP) is 1.87. The highest BCUT2D eigenvalue weighted by Crippen LogP contribution is 2.06. The summed E-state index contributed by atoms with van der Waals surface area (Å²) in [6.45, 7) is 0. The quantitative estimate of drug-likeness (QED) is 0.532. The minimum absolute atomic E-state index is 0.697. The molecule has 0 N–H and O–H groups in total. The fraction of sp³-hybridized carbons (Fsp3) is 0.250. The topological polar surface area (TPSA) is 20.3 Å². The van der Waals surface area contributed by atoms with E-state index in [-0.39, 0.29) is 0 Å². The van der Waals surface area contributed by atoms with Crippen LogP contribution in [0.1, 0.15) is 5.56 Å². The molecule has 0 spiro atoms. The van der Waals surface area contributed by atoms with Crippen molar-refractivity contribution < 1.29 is 4.79 Å². The van der Waals surface area contributed by atoms with Gasteiger partial charge in [-0.25, -0.2) is 0 Å². The van der Waals surface area contributed by atoms with Crippen LogP contribution in [0.4, 0.5) is 0 Å². The Balaban J connectivity index is 2.71. The van der Waals surface area contributed by atoms with Gasteiger partial charge in [-0.15, -0.1) is 0 Å². The minimum atomic E-state index is 0.697. The lowest BCUT2D eigenvalue weighted by Crippen LogP contribution is -2.05. The third-order valence-corrected chi connectivity index (χ3v) is 1.83.